The number of hydrogen-bond donors (Lipinski definition) is 4. The van der Waals surface area contributed by atoms with E-state index >= 15 is 0 Å². The highest BCUT2D eigenvalue weighted by Crippen LogP contribution is 2.39. The normalized spacial score (nSPS) is 10.9. The van der Waals surface area contributed by atoms with Crippen LogP contribution in [0, 0.1) is 6.92 Å². The molecule has 0 amide bonds. The molecule has 0 spiro atoms. The Labute approximate surface area is 162 Å². The van der Waals surface area contributed by atoms with Gasteiger partial charge < -0.3 is 25.5 Å². The first-order valence-corrected chi connectivity index (χ1v) is 10.9. The summed E-state index contributed by atoms with van der Waals surface area (Å²) in [6.07, 6.45) is 0. The lowest BCUT2D eigenvalue weighted by Gasteiger charge is -2.16. The Balaban J connectivity index is 0.000000878. The zero-order valence-corrected chi connectivity index (χ0v) is 16.6. The van der Waals surface area contributed by atoms with Gasteiger partial charge in [0.25, 0.3) is 6.47 Å². The average molecular weight is 401 g/mol. The Morgan fingerprint density at radius 1 is 1.07 bits per heavy atom. The number of hydrogen-bond acceptors (Lipinski definition) is 7. The van der Waals surface area contributed by atoms with Gasteiger partial charge in [0.2, 0.25) is 0 Å². The van der Waals surface area contributed by atoms with Crippen LogP contribution < -0.4 is 16.5 Å². The molecule has 0 bridgehead atoms. The minimum Gasteiger partial charge on any atom is -0.483 e. The minimum absolute atomic E-state index is 0.250. The summed E-state index contributed by atoms with van der Waals surface area (Å²) in [5.74, 6) is 0.351. The highest BCUT2D eigenvalue weighted by atomic mass is 31.2. The molecule has 8 nitrogen and oxygen atoms in total. The molecule has 5 N–H and O–H groups in total. The van der Waals surface area contributed by atoms with Crippen LogP contribution >= 0.6 is 7.14 Å². The number of fused-ring (bicyclic) bond motifs is 1. The predicted molar refractivity (Wildman–Crippen MR) is 112 cm³/mol. The third-order valence-corrected chi connectivity index (χ3v) is 5.75. The zero-order valence-electron chi connectivity index (χ0n) is 15.7. The van der Waals surface area contributed by atoms with E-state index in [0.717, 1.165) is 22.0 Å². The molecule has 0 aliphatic rings. The van der Waals surface area contributed by atoms with Crippen molar-refractivity contribution in [1.82, 2.24) is 10.2 Å². The SMILES string of the molecule is Cc1nnc(N)c2ccc(-c3cc(B(O)O)ccc3P(C)(C)=O)cc12.O=CO. The summed E-state index contributed by atoms with van der Waals surface area (Å²) in [7, 11) is -4.16. The Hall–Kier alpha value is -2.74. The fourth-order valence-corrected chi connectivity index (χ4v) is 4.09. The van der Waals surface area contributed by atoms with E-state index < -0.39 is 14.3 Å². The number of nitrogen functional groups attached to an aromatic ring is 1. The summed E-state index contributed by atoms with van der Waals surface area (Å²) in [5.41, 5.74) is 8.49. The summed E-state index contributed by atoms with van der Waals surface area (Å²) >= 11 is 0. The van der Waals surface area contributed by atoms with E-state index in [1.807, 2.05) is 25.1 Å². The topological polar surface area (TPSA) is 147 Å². The molecule has 0 fully saturated rings. The van der Waals surface area contributed by atoms with Gasteiger partial charge in [0.05, 0.1) is 5.69 Å². The maximum Gasteiger partial charge on any atom is 0.488 e. The standard InChI is InChI=1S/C17H19BN3O3P.CH2O2/c1-10-14-8-11(4-6-13(14)17(19)21-20-10)15-9-12(18(22)23)5-7-16(15)25(2,3)24;2-1-3/h4-9,22-23H,1-3H3,(H2,19,21);1H,(H,2,3). The largest absolute Gasteiger partial charge is 0.488 e. The molecular weight excluding hydrogens is 380 g/mol. The fraction of sp³-hybridized carbons (Fsp3) is 0.167. The van der Waals surface area contributed by atoms with Crippen molar-refractivity contribution in [3.8, 4) is 11.1 Å². The number of carbonyl (C=O) groups is 1. The molecule has 0 aliphatic heterocycles. The van der Waals surface area contributed by atoms with Crippen molar-refractivity contribution >= 4 is 48.1 Å². The molecule has 0 radical (unpaired) electrons. The van der Waals surface area contributed by atoms with Gasteiger partial charge in [-0.3, -0.25) is 4.79 Å². The number of aryl methyl sites for hydroxylation is 1. The molecule has 2 aromatic carbocycles. The molecule has 0 saturated heterocycles. The van der Waals surface area contributed by atoms with Gasteiger partial charge in [-0.2, -0.15) is 5.10 Å². The van der Waals surface area contributed by atoms with Crippen molar-refractivity contribution in [3.05, 3.63) is 42.1 Å². The predicted octanol–water partition coefficient (Wildman–Crippen LogP) is 0.816. The van der Waals surface area contributed by atoms with Crippen molar-refractivity contribution in [2.24, 2.45) is 0 Å². The maximum atomic E-state index is 12.7. The summed E-state index contributed by atoms with van der Waals surface area (Å²) in [6.45, 7) is 4.98. The maximum absolute atomic E-state index is 12.7. The third-order valence-electron chi connectivity index (χ3n) is 4.20. The molecular formula is C18H21BN3O5P. The first-order valence-electron chi connectivity index (χ1n) is 8.26. The quantitative estimate of drug-likeness (QED) is 0.287. The van der Waals surface area contributed by atoms with Crippen LogP contribution in [-0.2, 0) is 9.36 Å². The van der Waals surface area contributed by atoms with Gasteiger partial charge in [0.15, 0.2) is 5.82 Å². The van der Waals surface area contributed by atoms with E-state index in [4.69, 9.17) is 15.6 Å². The number of nitrogens with two attached hydrogens (primary N) is 1. The molecule has 0 saturated carbocycles. The van der Waals surface area contributed by atoms with Crippen LogP contribution in [0.4, 0.5) is 5.82 Å². The molecule has 10 heteroatoms. The minimum atomic E-state index is -2.57. The van der Waals surface area contributed by atoms with Gasteiger partial charge in [-0.25, -0.2) is 0 Å². The van der Waals surface area contributed by atoms with Crippen LogP contribution in [0.2, 0.25) is 0 Å². The Kier molecular flexibility index (Phi) is 6.56. The summed E-state index contributed by atoms with van der Waals surface area (Å²) in [4.78, 5) is 8.36. The van der Waals surface area contributed by atoms with Gasteiger partial charge in [-0.15, -0.1) is 5.10 Å². The molecule has 3 aromatic rings. The van der Waals surface area contributed by atoms with Crippen molar-refractivity contribution in [2.75, 3.05) is 19.1 Å². The van der Waals surface area contributed by atoms with E-state index in [2.05, 4.69) is 10.2 Å². The van der Waals surface area contributed by atoms with Gasteiger partial charge >= 0.3 is 7.12 Å². The molecule has 1 aromatic heterocycles. The average Bonchev–Trinajstić information content (AvgIpc) is 2.64. The summed E-state index contributed by atoms with van der Waals surface area (Å²) in [6, 6.07) is 10.6. The Morgan fingerprint density at radius 2 is 1.71 bits per heavy atom. The second-order valence-electron chi connectivity index (χ2n) is 6.54. The molecule has 28 heavy (non-hydrogen) atoms. The molecule has 1 heterocycles. The van der Waals surface area contributed by atoms with E-state index in [1.54, 1.807) is 31.5 Å². The van der Waals surface area contributed by atoms with Crippen molar-refractivity contribution in [3.63, 3.8) is 0 Å². The van der Waals surface area contributed by atoms with Crippen molar-refractivity contribution in [1.29, 1.82) is 0 Å². The van der Waals surface area contributed by atoms with E-state index in [-0.39, 0.29) is 6.47 Å². The smallest absolute Gasteiger partial charge is 0.483 e. The monoisotopic (exact) mass is 401 g/mol. The van der Waals surface area contributed by atoms with Crippen LogP contribution in [0.3, 0.4) is 0 Å². The van der Waals surface area contributed by atoms with E-state index in [1.165, 1.54) is 0 Å². The summed E-state index contributed by atoms with van der Waals surface area (Å²) in [5, 5.41) is 36.2. The van der Waals surface area contributed by atoms with Gasteiger partial charge in [0.1, 0.15) is 7.14 Å². The highest BCUT2D eigenvalue weighted by molar-refractivity contribution is 7.70. The van der Waals surface area contributed by atoms with Gasteiger partial charge in [-0.1, -0.05) is 24.3 Å². The fourth-order valence-electron chi connectivity index (χ4n) is 2.89. The van der Waals surface area contributed by atoms with Crippen molar-refractivity contribution < 1.29 is 24.5 Å². The first kappa shape index (κ1) is 21.6. The lowest BCUT2D eigenvalue weighted by atomic mass is 9.79. The lowest BCUT2D eigenvalue weighted by Crippen LogP contribution is -2.31. The van der Waals surface area contributed by atoms with E-state index in [0.29, 0.717) is 22.1 Å². The number of aromatic nitrogens is 2. The van der Waals surface area contributed by atoms with Gasteiger partial charge in [0, 0.05) is 16.1 Å². The number of benzene rings is 2. The lowest BCUT2D eigenvalue weighted by molar-refractivity contribution is -0.122. The molecule has 146 valence electrons. The van der Waals surface area contributed by atoms with Crippen LogP contribution in [0.1, 0.15) is 5.69 Å². The van der Waals surface area contributed by atoms with E-state index in [9.17, 15) is 14.6 Å². The number of anilines is 1. The molecule has 0 atom stereocenters. The second kappa shape index (κ2) is 8.52. The van der Waals surface area contributed by atoms with Crippen molar-refractivity contribution in [2.45, 2.75) is 6.92 Å². The zero-order chi connectivity index (χ0) is 21.1. The molecule has 3 rings (SSSR count). The first-order chi connectivity index (χ1) is 13.1. The van der Waals surface area contributed by atoms with Gasteiger partial charge in [-0.05, 0) is 49.0 Å². The Bertz CT molecular complexity index is 1070. The van der Waals surface area contributed by atoms with Crippen LogP contribution in [-0.4, -0.2) is 52.3 Å². The Morgan fingerprint density at radius 3 is 2.29 bits per heavy atom. The van der Waals surface area contributed by atoms with Crippen LogP contribution in [0.15, 0.2) is 36.4 Å². The second-order valence-corrected chi connectivity index (χ2v) is 9.72. The highest BCUT2D eigenvalue weighted by Gasteiger charge is 2.21. The third kappa shape index (κ3) is 4.56. The number of nitrogens with zero attached hydrogens (tertiary/aromatic N) is 2. The molecule has 0 aliphatic carbocycles. The number of carboxylic acid groups (broad SMARTS) is 1. The summed E-state index contributed by atoms with van der Waals surface area (Å²) < 4.78 is 12.7. The molecule has 0 unspecified atom stereocenters. The van der Waals surface area contributed by atoms with Crippen LogP contribution in [0.5, 0.6) is 0 Å². The number of rotatable bonds is 3. The van der Waals surface area contributed by atoms with Crippen LogP contribution in [0.25, 0.3) is 21.9 Å².